The Morgan fingerprint density at radius 2 is 1.86 bits per heavy atom. The fourth-order valence-corrected chi connectivity index (χ4v) is 3.34. The lowest BCUT2D eigenvalue weighted by molar-refractivity contribution is -0.128. The van der Waals surface area contributed by atoms with Gasteiger partial charge in [0.05, 0.1) is 20.3 Å². The van der Waals surface area contributed by atoms with E-state index < -0.39 is 11.7 Å². The molecule has 0 aliphatic carbocycles. The van der Waals surface area contributed by atoms with E-state index in [2.05, 4.69) is 5.32 Å². The molecule has 0 fully saturated rings. The average Bonchev–Trinajstić information content (AvgIpc) is 2.66. The van der Waals surface area contributed by atoms with Crippen molar-refractivity contribution in [2.75, 3.05) is 14.2 Å². The molecule has 2 unspecified atom stereocenters. The van der Waals surface area contributed by atoms with E-state index in [9.17, 15) is 4.79 Å². The van der Waals surface area contributed by atoms with Crippen molar-refractivity contribution in [3.05, 3.63) is 48.0 Å². The number of methoxy groups -OCH3 is 2. The summed E-state index contributed by atoms with van der Waals surface area (Å²) < 4.78 is 22.5. The van der Waals surface area contributed by atoms with Crippen LogP contribution in [-0.4, -0.2) is 31.8 Å². The molecule has 150 valence electrons. The molecule has 28 heavy (non-hydrogen) atoms. The normalized spacial score (nSPS) is 18.2. The minimum Gasteiger partial charge on any atom is -0.497 e. The molecule has 1 N–H and O–H groups in total. The Morgan fingerprint density at radius 1 is 1.14 bits per heavy atom. The van der Waals surface area contributed by atoms with Crippen LogP contribution in [0.3, 0.4) is 0 Å². The molecule has 1 amide bonds. The molecule has 6 heteroatoms. The second-order valence-electron chi connectivity index (χ2n) is 7.44. The van der Waals surface area contributed by atoms with Gasteiger partial charge in [0.15, 0.2) is 17.6 Å². The first-order valence-electron chi connectivity index (χ1n) is 9.30. The third-order valence-electron chi connectivity index (χ3n) is 4.74. The van der Waals surface area contributed by atoms with E-state index in [1.807, 2.05) is 44.2 Å². The van der Waals surface area contributed by atoms with Crippen molar-refractivity contribution in [3.8, 4) is 23.0 Å². The van der Waals surface area contributed by atoms with Crippen molar-refractivity contribution >= 4 is 5.91 Å². The maximum atomic E-state index is 12.8. The van der Waals surface area contributed by atoms with Crippen LogP contribution < -0.4 is 24.3 Å². The molecule has 3 rings (SSSR count). The molecule has 2 aromatic rings. The number of nitrogens with one attached hydrogen (secondary N) is 1. The van der Waals surface area contributed by atoms with Gasteiger partial charge in [-0.15, -0.1) is 0 Å². The van der Waals surface area contributed by atoms with E-state index in [4.69, 9.17) is 18.9 Å². The fraction of sp³-hybridized carbons (Fsp3) is 0.409. The number of rotatable bonds is 6. The summed E-state index contributed by atoms with van der Waals surface area (Å²) in [5.74, 6) is 2.36. The van der Waals surface area contributed by atoms with Crippen molar-refractivity contribution in [3.63, 3.8) is 0 Å². The first kappa shape index (κ1) is 19.9. The number of carbonyl (C=O) groups excluding carboxylic acids is 1. The third-order valence-corrected chi connectivity index (χ3v) is 4.74. The molecule has 1 aliphatic heterocycles. The van der Waals surface area contributed by atoms with Crippen LogP contribution in [0.4, 0.5) is 0 Å². The molecular formula is C22H27NO5. The lowest BCUT2D eigenvalue weighted by atomic mass is 9.89. The summed E-state index contributed by atoms with van der Waals surface area (Å²) >= 11 is 0. The number of fused-ring (bicyclic) bond motifs is 1. The molecule has 0 radical (unpaired) electrons. The van der Waals surface area contributed by atoms with Gasteiger partial charge in [0.2, 0.25) is 0 Å². The summed E-state index contributed by atoms with van der Waals surface area (Å²) in [4.78, 5) is 12.8. The zero-order valence-electron chi connectivity index (χ0n) is 16.9. The molecule has 2 atom stereocenters. The number of carbonyl (C=O) groups is 1. The van der Waals surface area contributed by atoms with E-state index >= 15 is 0 Å². The summed E-state index contributed by atoms with van der Waals surface area (Å²) in [6.45, 7) is 5.73. The Labute approximate surface area is 165 Å². The molecule has 0 bridgehead atoms. The molecular weight excluding hydrogens is 358 g/mol. The van der Waals surface area contributed by atoms with Crippen molar-refractivity contribution in [2.24, 2.45) is 0 Å². The second-order valence-corrected chi connectivity index (χ2v) is 7.44. The largest absolute Gasteiger partial charge is 0.497 e. The van der Waals surface area contributed by atoms with Crippen LogP contribution in [0.1, 0.15) is 38.8 Å². The van der Waals surface area contributed by atoms with Crippen molar-refractivity contribution in [1.82, 2.24) is 5.32 Å². The van der Waals surface area contributed by atoms with Gasteiger partial charge >= 0.3 is 0 Å². The van der Waals surface area contributed by atoms with Gasteiger partial charge in [-0.25, -0.2) is 0 Å². The number of ether oxygens (including phenoxy) is 4. The molecule has 1 aliphatic rings. The Kier molecular flexibility index (Phi) is 5.68. The van der Waals surface area contributed by atoms with Gasteiger partial charge in [-0.3, -0.25) is 4.79 Å². The van der Waals surface area contributed by atoms with E-state index in [-0.39, 0.29) is 11.9 Å². The topological polar surface area (TPSA) is 66.0 Å². The molecule has 2 aromatic carbocycles. The van der Waals surface area contributed by atoms with Crippen LogP contribution >= 0.6 is 0 Å². The monoisotopic (exact) mass is 385 g/mol. The summed E-state index contributed by atoms with van der Waals surface area (Å²) in [5, 5.41) is 3.10. The fourth-order valence-electron chi connectivity index (χ4n) is 3.34. The van der Waals surface area contributed by atoms with E-state index in [0.717, 1.165) is 17.1 Å². The zero-order chi connectivity index (χ0) is 20.3. The maximum Gasteiger partial charge on any atom is 0.261 e. The maximum absolute atomic E-state index is 12.8. The summed E-state index contributed by atoms with van der Waals surface area (Å²) in [6.07, 6.45) is -0.0247. The summed E-state index contributed by atoms with van der Waals surface area (Å²) in [6, 6.07) is 12.7. The highest BCUT2D eigenvalue weighted by molar-refractivity contribution is 5.81. The lowest BCUT2D eigenvalue weighted by Crippen LogP contribution is -2.44. The van der Waals surface area contributed by atoms with E-state index in [1.54, 1.807) is 33.3 Å². The molecule has 0 aromatic heterocycles. The predicted octanol–water partition coefficient (Wildman–Crippen LogP) is 3.89. The van der Waals surface area contributed by atoms with Crippen molar-refractivity contribution in [2.45, 2.75) is 44.9 Å². The van der Waals surface area contributed by atoms with Crippen LogP contribution in [-0.2, 0) is 4.79 Å². The van der Waals surface area contributed by atoms with Gasteiger partial charge in [-0.2, -0.15) is 0 Å². The molecule has 6 nitrogen and oxygen atoms in total. The first-order chi connectivity index (χ1) is 13.3. The minimum atomic E-state index is -0.677. The average molecular weight is 385 g/mol. The highest BCUT2D eigenvalue weighted by Crippen LogP contribution is 2.41. The highest BCUT2D eigenvalue weighted by Gasteiger charge is 2.35. The standard InChI is InChI=1S/C22H27NO5/c1-14(27-19-9-7-6-8-18(19)26-5)21(24)23-17-13-22(2,3)28-20-12-15(25-4)10-11-16(17)20/h6-12,14,17H,13H2,1-5H3,(H,23,24). The molecule has 0 saturated heterocycles. The smallest absolute Gasteiger partial charge is 0.261 e. The van der Waals surface area contributed by atoms with Gasteiger partial charge in [0.25, 0.3) is 5.91 Å². The number of amides is 1. The van der Waals surface area contributed by atoms with E-state index in [0.29, 0.717) is 17.9 Å². The van der Waals surface area contributed by atoms with Crippen LogP contribution in [0.15, 0.2) is 42.5 Å². The highest BCUT2D eigenvalue weighted by atomic mass is 16.5. The minimum absolute atomic E-state index is 0.180. The lowest BCUT2D eigenvalue weighted by Gasteiger charge is -2.38. The number of hydrogen-bond acceptors (Lipinski definition) is 5. The van der Waals surface area contributed by atoms with Crippen LogP contribution in [0.5, 0.6) is 23.0 Å². The Bertz CT molecular complexity index is 849. The first-order valence-corrected chi connectivity index (χ1v) is 9.30. The summed E-state index contributed by atoms with van der Waals surface area (Å²) in [5.41, 5.74) is 0.516. The second kappa shape index (κ2) is 8.00. The Balaban J connectivity index is 1.76. The van der Waals surface area contributed by atoms with Gasteiger partial charge in [-0.1, -0.05) is 12.1 Å². The van der Waals surface area contributed by atoms with Crippen molar-refractivity contribution < 1.29 is 23.7 Å². The van der Waals surface area contributed by atoms with Crippen LogP contribution in [0.2, 0.25) is 0 Å². The molecule has 0 saturated carbocycles. The quantitative estimate of drug-likeness (QED) is 0.817. The van der Waals surface area contributed by atoms with Crippen LogP contribution in [0.25, 0.3) is 0 Å². The Morgan fingerprint density at radius 3 is 2.54 bits per heavy atom. The van der Waals surface area contributed by atoms with Gasteiger partial charge in [0.1, 0.15) is 17.1 Å². The number of hydrogen-bond donors (Lipinski definition) is 1. The summed E-state index contributed by atoms with van der Waals surface area (Å²) in [7, 11) is 3.19. The van der Waals surface area contributed by atoms with Gasteiger partial charge < -0.3 is 24.3 Å². The van der Waals surface area contributed by atoms with Crippen molar-refractivity contribution in [1.29, 1.82) is 0 Å². The SMILES string of the molecule is COc1ccc2c(c1)OC(C)(C)CC2NC(=O)C(C)Oc1ccccc1OC. The van der Waals surface area contributed by atoms with Crippen LogP contribution in [0, 0.1) is 0 Å². The van der Waals surface area contributed by atoms with E-state index in [1.165, 1.54) is 0 Å². The zero-order valence-corrected chi connectivity index (χ0v) is 16.9. The molecule has 0 spiro atoms. The molecule has 1 heterocycles. The van der Waals surface area contributed by atoms with Gasteiger partial charge in [-0.05, 0) is 45.0 Å². The predicted molar refractivity (Wildman–Crippen MR) is 106 cm³/mol. The number of para-hydroxylation sites is 2. The van der Waals surface area contributed by atoms with Gasteiger partial charge in [0, 0.05) is 18.1 Å². The number of benzene rings is 2. The Hall–Kier alpha value is -2.89. The third kappa shape index (κ3) is 4.32.